The fourth-order valence-corrected chi connectivity index (χ4v) is 1.32. The molecule has 0 saturated heterocycles. The molecule has 0 aliphatic heterocycles. The minimum Gasteiger partial charge on any atom is -0.495 e. The van der Waals surface area contributed by atoms with Gasteiger partial charge in [-0.15, -0.1) is 0 Å². The summed E-state index contributed by atoms with van der Waals surface area (Å²) >= 11 is 0. The number of aliphatic hydroxyl groups is 1. The summed E-state index contributed by atoms with van der Waals surface area (Å²) in [6.45, 7) is 0. The molecule has 66 valence electrons. The Bertz CT molecular complexity index is 237. The van der Waals surface area contributed by atoms with Crippen molar-refractivity contribution >= 4 is 5.71 Å². The maximum atomic E-state index is 8.72. The summed E-state index contributed by atoms with van der Waals surface area (Å²) in [6.07, 6.45) is 7.64. The maximum absolute atomic E-state index is 8.72. The molecule has 3 heteroatoms. The second-order valence-electron chi connectivity index (χ2n) is 2.96. The van der Waals surface area contributed by atoms with Gasteiger partial charge in [-0.25, -0.2) is 0 Å². The van der Waals surface area contributed by atoms with Crippen molar-refractivity contribution in [3.8, 4) is 0 Å². The van der Waals surface area contributed by atoms with E-state index >= 15 is 0 Å². The van der Waals surface area contributed by atoms with Crippen LogP contribution in [0.1, 0.15) is 25.7 Å². The van der Waals surface area contributed by atoms with E-state index in [1.54, 1.807) is 0 Å². The van der Waals surface area contributed by atoms with Gasteiger partial charge in [-0.05, 0) is 31.3 Å². The van der Waals surface area contributed by atoms with Gasteiger partial charge in [0.25, 0.3) is 0 Å². The third-order valence-corrected chi connectivity index (χ3v) is 1.93. The topological polar surface area (TPSA) is 70.1 Å². The van der Waals surface area contributed by atoms with Crippen LogP contribution < -0.4 is 5.73 Å². The van der Waals surface area contributed by atoms with Crippen LogP contribution in [0.2, 0.25) is 0 Å². The Morgan fingerprint density at radius 3 is 2.83 bits per heavy atom. The highest BCUT2D eigenvalue weighted by Gasteiger charge is 2.06. The van der Waals surface area contributed by atoms with Gasteiger partial charge in [-0.3, -0.25) is 0 Å². The third kappa shape index (κ3) is 2.42. The zero-order chi connectivity index (χ0) is 8.97. The molecule has 0 atom stereocenters. The molecule has 1 aliphatic rings. The second-order valence-corrected chi connectivity index (χ2v) is 2.96. The van der Waals surface area contributed by atoms with Gasteiger partial charge in [-0.1, -0.05) is 6.08 Å². The van der Waals surface area contributed by atoms with Crippen molar-refractivity contribution in [1.82, 2.24) is 0 Å². The summed E-state index contributed by atoms with van der Waals surface area (Å²) in [4.78, 5) is 0. The normalized spacial score (nSPS) is 18.7. The molecule has 0 bridgehead atoms. The molecular weight excluding hydrogens is 152 g/mol. The minimum absolute atomic E-state index is 0.286. The number of aliphatic hydroxyl groups excluding tert-OH is 1. The first-order valence-electron chi connectivity index (χ1n) is 4.14. The molecule has 0 aromatic heterocycles. The van der Waals surface area contributed by atoms with Crippen LogP contribution in [0.15, 0.2) is 23.6 Å². The van der Waals surface area contributed by atoms with Crippen LogP contribution in [0.3, 0.4) is 0 Å². The van der Waals surface area contributed by atoms with Crippen LogP contribution in [-0.2, 0) is 0 Å². The highest BCUT2D eigenvalue weighted by atomic mass is 16.3. The zero-order valence-electron chi connectivity index (χ0n) is 7.01. The Labute approximate surface area is 72.1 Å². The van der Waals surface area contributed by atoms with Crippen molar-refractivity contribution < 1.29 is 5.11 Å². The molecule has 0 saturated carbocycles. The Hall–Kier alpha value is -1.25. The van der Waals surface area contributed by atoms with E-state index in [9.17, 15) is 0 Å². The first-order chi connectivity index (χ1) is 5.70. The lowest BCUT2D eigenvalue weighted by Gasteiger charge is -2.10. The number of hydrogen-bond acceptors (Lipinski definition) is 3. The van der Waals surface area contributed by atoms with Crippen LogP contribution in [0.5, 0.6) is 0 Å². The number of nitrogens with one attached hydrogen (secondary N) is 1. The lowest BCUT2D eigenvalue weighted by atomic mass is 9.96. The van der Waals surface area contributed by atoms with Crippen LogP contribution >= 0.6 is 0 Å². The van der Waals surface area contributed by atoms with Crippen LogP contribution in [0.25, 0.3) is 0 Å². The monoisotopic (exact) mass is 166 g/mol. The van der Waals surface area contributed by atoms with E-state index in [2.05, 4.69) is 0 Å². The van der Waals surface area contributed by atoms with Crippen molar-refractivity contribution in [3.63, 3.8) is 0 Å². The van der Waals surface area contributed by atoms with Crippen molar-refractivity contribution in [1.29, 1.82) is 5.41 Å². The van der Waals surface area contributed by atoms with Gasteiger partial charge in [0.1, 0.15) is 0 Å². The van der Waals surface area contributed by atoms with Crippen LogP contribution in [0.4, 0.5) is 0 Å². The molecule has 0 spiro atoms. The largest absolute Gasteiger partial charge is 0.495 e. The molecule has 0 aromatic carbocycles. The minimum atomic E-state index is -0.286. The maximum Gasteiger partial charge on any atom is 0.183 e. The molecular formula is C9H14N2O. The molecule has 0 fully saturated rings. The predicted octanol–water partition coefficient (Wildman–Crippen LogP) is 1.86. The van der Waals surface area contributed by atoms with Crippen molar-refractivity contribution in [3.05, 3.63) is 23.6 Å². The standard InChI is InChI=1S/C9H14N2O/c10-8(6-9(11)12)7-4-2-1-3-5-7/h4,6,10,12H,1-3,5,11H2/b9-6+,10-8?. The highest BCUT2D eigenvalue weighted by Crippen LogP contribution is 2.18. The molecule has 1 aliphatic carbocycles. The van der Waals surface area contributed by atoms with Crippen molar-refractivity contribution in [2.45, 2.75) is 25.7 Å². The van der Waals surface area contributed by atoms with E-state index < -0.39 is 0 Å². The summed E-state index contributed by atoms with van der Waals surface area (Å²) in [5, 5.41) is 16.3. The molecule has 0 aromatic rings. The van der Waals surface area contributed by atoms with E-state index in [1.165, 1.54) is 12.5 Å². The van der Waals surface area contributed by atoms with Gasteiger partial charge in [0.05, 0.1) is 5.71 Å². The van der Waals surface area contributed by atoms with Gasteiger partial charge >= 0.3 is 0 Å². The number of rotatable bonds is 2. The molecule has 0 unspecified atom stereocenters. The van der Waals surface area contributed by atoms with Gasteiger partial charge < -0.3 is 16.2 Å². The van der Waals surface area contributed by atoms with E-state index in [0.29, 0.717) is 5.71 Å². The molecule has 0 heterocycles. The number of allylic oxidation sites excluding steroid dienone is 3. The fraction of sp³-hybridized carbons (Fsp3) is 0.444. The SMILES string of the molecule is N=C(/C=C(\N)O)C1=CCCCC1. The fourth-order valence-electron chi connectivity index (χ4n) is 1.32. The van der Waals surface area contributed by atoms with E-state index in [4.69, 9.17) is 16.2 Å². The molecule has 0 amide bonds. The lowest BCUT2D eigenvalue weighted by Crippen LogP contribution is -2.05. The summed E-state index contributed by atoms with van der Waals surface area (Å²) in [7, 11) is 0. The van der Waals surface area contributed by atoms with E-state index in [-0.39, 0.29) is 5.88 Å². The van der Waals surface area contributed by atoms with Crippen molar-refractivity contribution in [2.75, 3.05) is 0 Å². The Morgan fingerprint density at radius 2 is 2.33 bits per heavy atom. The third-order valence-electron chi connectivity index (χ3n) is 1.93. The van der Waals surface area contributed by atoms with Crippen LogP contribution in [0, 0.1) is 5.41 Å². The molecule has 1 rings (SSSR count). The lowest BCUT2D eigenvalue weighted by molar-refractivity contribution is 0.406. The number of hydrogen-bond donors (Lipinski definition) is 3. The molecule has 12 heavy (non-hydrogen) atoms. The molecule has 4 N–H and O–H groups in total. The van der Waals surface area contributed by atoms with Crippen LogP contribution in [-0.4, -0.2) is 10.8 Å². The average Bonchev–Trinajstić information content (AvgIpc) is 2.05. The Kier molecular flexibility index (Phi) is 2.91. The number of nitrogens with two attached hydrogens (primary N) is 1. The van der Waals surface area contributed by atoms with E-state index in [0.717, 1.165) is 24.8 Å². The van der Waals surface area contributed by atoms with Gasteiger partial charge in [0.2, 0.25) is 0 Å². The molecule has 0 radical (unpaired) electrons. The van der Waals surface area contributed by atoms with Gasteiger partial charge in [0.15, 0.2) is 5.88 Å². The quantitative estimate of drug-likeness (QED) is 0.433. The Morgan fingerprint density at radius 1 is 1.58 bits per heavy atom. The molecule has 3 nitrogen and oxygen atoms in total. The van der Waals surface area contributed by atoms with Gasteiger partial charge in [0, 0.05) is 6.08 Å². The summed E-state index contributed by atoms with van der Waals surface area (Å²) in [5.74, 6) is -0.286. The smallest absolute Gasteiger partial charge is 0.183 e. The first-order valence-corrected chi connectivity index (χ1v) is 4.14. The Balaban J connectivity index is 2.63. The average molecular weight is 166 g/mol. The first kappa shape index (κ1) is 8.84. The summed E-state index contributed by atoms with van der Waals surface area (Å²) in [5.41, 5.74) is 6.39. The second kappa shape index (κ2) is 3.95. The van der Waals surface area contributed by atoms with Gasteiger partial charge in [-0.2, -0.15) is 0 Å². The summed E-state index contributed by atoms with van der Waals surface area (Å²) in [6, 6.07) is 0. The zero-order valence-corrected chi connectivity index (χ0v) is 7.01. The van der Waals surface area contributed by atoms with E-state index in [1.807, 2.05) is 6.08 Å². The van der Waals surface area contributed by atoms with Crippen molar-refractivity contribution in [2.24, 2.45) is 5.73 Å². The predicted molar refractivity (Wildman–Crippen MR) is 49.2 cm³/mol. The summed E-state index contributed by atoms with van der Waals surface area (Å²) < 4.78 is 0. The highest BCUT2D eigenvalue weighted by molar-refractivity contribution is 6.06.